The monoisotopic (exact) mass is 374 g/mol. The van der Waals surface area contributed by atoms with E-state index in [1.165, 1.54) is 5.56 Å². The average molecular weight is 374 g/mol. The van der Waals surface area contributed by atoms with Gasteiger partial charge in [-0.3, -0.25) is 4.79 Å². The van der Waals surface area contributed by atoms with Crippen LogP contribution in [0.3, 0.4) is 0 Å². The second kappa shape index (κ2) is 8.21. The molecule has 1 heterocycles. The zero-order valence-electron chi connectivity index (χ0n) is 16.8. The van der Waals surface area contributed by atoms with Crippen molar-refractivity contribution in [1.82, 2.24) is 15.3 Å². The molecule has 2 N–H and O–H groups in total. The molecule has 1 amide bonds. The number of anilines is 2. The molecule has 0 spiro atoms. The minimum atomic E-state index is -0.190. The molecule has 1 aromatic heterocycles. The van der Waals surface area contributed by atoms with Crippen molar-refractivity contribution < 1.29 is 4.79 Å². The van der Waals surface area contributed by atoms with Gasteiger partial charge in [-0.15, -0.1) is 0 Å². The molecule has 0 aliphatic heterocycles. The molecule has 5 nitrogen and oxygen atoms in total. The minimum absolute atomic E-state index is 0.00100. The van der Waals surface area contributed by atoms with Crippen LogP contribution in [0.4, 0.5) is 11.6 Å². The molecule has 0 saturated carbocycles. The Morgan fingerprint density at radius 2 is 1.61 bits per heavy atom. The number of rotatable bonds is 5. The average Bonchev–Trinajstić information content (AvgIpc) is 2.67. The Hall–Kier alpha value is -3.21. The van der Waals surface area contributed by atoms with Gasteiger partial charge in [0, 0.05) is 24.6 Å². The van der Waals surface area contributed by atoms with E-state index in [0.29, 0.717) is 18.1 Å². The van der Waals surface area contributed by atoms with E-state index < -0.39 is 0 Å². The predicted octanol–water partition coefficient (Wildman–Crippen LogP) is 4.76. The van der Waals surface area contributed by atoms with Gasteiger partial charge in [-0.05, 0) is 35.1 Å². The SMILES string of the molecule is Cc1ccccc1CNC(=O)c1cnc(Nc2ccccc2C(C)(C)C)nc1. The van der Waals surface area contributed by atoms with E-state index in [-0.39, 0.29) is 11.3 Å². The van der Waals surface area contributed by atoms with Crippen molar-refractivity contribution in [2.75, 3.05) is 5.32 Å². The van der Waals surface area contributed by atoms with Crippen LogP contribution in [0.1, 0.15) is 47.8 Å². The molecule has 0 aliphatic rings. The first kappa shape index (κ1) is 19.5. The molecule has 0 bridgehead atoms. The summed E-state index contributed by atoms with van der Waals surface area (Å²) in [5.41, 5.74) is 4.82. The van der Waals surface area contributed by atoms with E-state index in [1.54, 1.807) is 12.4 Å². The molecule has 3 aromatic rings. The summed E-state index contributed by atoms with van der Waals surface area (Å²) in [5.74, 6) is 0.275. The summed E-state index contributed by atoms with van der Waals surface area (Å²) < 4.78 is 0. The molecule has 0 aliphatic carbocycles. The number of aryl methyl sites for hydroxylation is 1. The van der Waals surface area contributed by atoms with Gasteiger partial charge in [0.2, 0.25) is 5.95 Å². The van der Waals surface area contributed by atoms with Crippen LogP contribution >= 0.6 is 0 Å². The summed E-state index contributed by atoms with van der Waals surface area (Å²) in [6.45, 7) is 8.99. The van der Waals surface area contributed by atoms with Crippen molar-refractivity contribution in [2.24, 2.45) is 0 Å². The summed E-state index contributed by atoms with van der Waals surface area (Å²) in [5, 5.41) is 6.17. The van der Waals surface area contributed by atoms with Gasteiger partial charge < -0.3 is 10.6 Å². The highest BCUT2D eigenvalue weighted by molar-refractivity contribution is 5.93. The van der Waals surface area contributed by atoms with Crippen molar-refractivity contribution >= 4 is 17.5 Å². The van der Waals surface area contributed by atoms with Crippen molar-refractivity contribution in [3.8, 4) is 0 Å². The van der Waals surface area contributed by atoms with Gasteiger partial charge in [0.25, 0.3) is 5.91 Å². The fraction of sp³-hybridized carbons (Fsp3) is 0.261. The van der Waals surface area contributed by atoms with Gasteiger partial charge in [0.15, 0.2) is 0 Å². The molecule has 28 heavy (non-hydrogen) atoms. The Bertz CT molecular complexity index is 959. The second-order valence-electron chi connectivity index (χ2n) is 7.83. The van der Waals surface area contributed by atoms with E-state index in [9.17, 15) is 4.79 Å². The number of amides is 1. The van der Waals surface area contributed by atoms with Crippen LogP contribution in [0, 0.1) is 6.92 Å². The van der Waals surface area contributed by atoms with Gasteiger partial charge in [-0.2, -0.15) is 0 Å². The molecule has 3 rings (SSSR count). The summed E-state index contributed by atoms with van der Waals surface area (Å²) in [6, 6.07) is 16.1. The van der Waals surface area contributed by atoms with Crippen LogP contribution in [0.5, 0.6) is 0 Å². The largest absolute Gasteiger partial charge is 0.348 e. The maximum absolute atomic E-state index is 12.4. The van der Waals surface area contributed by atoms with E-state index in [1.807, 2.05) is 49.4 Å². The van der Waals surface area contributed by atoms with E-state index in [0.717, 1.165) is 16.8 Å². The number of hydrogen-bond donors (Lipinski definition) is 2. The molecule has 0 radical (unpaired) electrons. The summed E-state index contributed by atoms with van der Waals surface area (Å²) in [4.78, 5) is 21.0. The Morgan fingerprint density at radius 3 is 2.29 bits per heavy atom. The molecule has 0 fully saturated rings. The number of nitrogens with one attached hydrogen (secondary N) is 2. The summed E-state index contributed by atoms with van der Waals surface area (Å²) in [6.07, 6.45) is 3.09. The van der Waals surface area contributed by atoms with Crippen LogP contribution in [0.15, 0.2) is 60.9 Å². The first-order valence-corrected chi connectivity index (χ1v) is 9.36. The number of benzene rings is 2. The van der Waals surface area contributed by atoms with Crippen LogP contribution in [0.2, 0.25) is 0 Å². The molecule has 5 heteroatoms. The Labute approximate surface area is 166 Å². The Morgan fingerprint density at radius 1 is 0.964 bits per heavy atom. The van der Waals surface area contributed by atoms with Crippen molar-refractivity contribution in [1.29, 1.82) is 0 Å². The van der Waals surface area contributed by atoms with Gasteiger partial charge in [0.05, 0.1) is 5.56 Å². The molecule has 144 valence electrons. The van der Waals surface area contributed by atoms with Crippen molar-refractivity contribution in [3.05, 3.63) is 83.2 Å². The van der Waals surface area contributed by atoms with Crippen LogP contribution in [-0.4, -0.2) is 15.9 Å². The number of aromatic nitrogens is 2. The highest BCUT2D eigenvalue weighted by atomic mass is 16.1. The maximum atomic E-state index is 12.4. The normalized spacial score (nSPS) is 11.1. The third-order valence-electron chi connectivity index (χ3n) is 4.60. The zero-order chi connectivity index (χ0) is 20.1. The molecular formula is C23H26N4O. The van der Waals surface area contributed by atoms with E-state index >= 15 is 0 Å². The quantitative estimate of drug-likeness (QED) is 0.676. The van der Waals surface area contributed by atoms with Crippen LogP contribution in [-0.2, 0) is 12.0 Å². The fourth-order valence-corrected chi connectivity index (χ4v) is 2.96. The summed E-state index contributed by atoms with van der Waals surface area (Å²) in [7, 11) is 0. The molecule has 0 unspecified atom stereocenters. The lowest BCUT2D eigenvalue weighted by Crippen LogP contribution is -2.23. The van der Waals surface area contributed by atoms with E-state index in [4.69, 9.17) is 0 Å². The number of nitrogens with zero attached hydrogens (tertiary/aromatic N) is 2. The van der Waals surface area contributed by atoms with Crippen LogP contribution < -0.4 is 10.6 Å². The maximum Gasteiger partial charge on any atom is 0.254 e. The fourth-order valence-electron chi connectivity index (χ4n) is 2.96. The lowest BCUT2D eigenvalue weighted by atomic mass is 9.86. The third-order valence-corrected chi connectivity index (χ3v) is 4.60. The highest BCUT2D eigenvalue weighted by Crippen LogP contribution is 2.30. The minimum Gasteiger partial charge on any atom is -0.348 e. The summed E-state index contributed by atoms with van der Waals surface area (Å²) >= 11 is 0. The topological polar surface area (TPSA) is 66.9 Å². The van der Waals surface area contributed by atoms with Crippen molar-refractivity contribution in [2.45, 2.75) is 39.7 Å². The first-order chi connectivity index (χ1) is 13.3. The number of para-hydroxylation sites is 1. The molecule has 2 aromatic carbocycles. The molecule has 0 atom stereocenters. The zero-order valence-corrected chi connectivity index (χ0v) is 16.8. The van der Waals surface area contributed by atoms with Crippen molar-refractivity contribution in [3.63, 3.8) is 0 Å². The number of carbonyl (C=O) groups is 1. The first-order valence-electron chi connectivity index (χ1n) is 9.36. The Balaban J connectivity index is 1.67. The lowest BCUT2D eigenvalue weighted by Gasteiger charge is -2.22. The van der Waals surface area contributed by atoms with Gasteiger partial charge in [-0.25, -0.2) is 9.97 Å². The van der Waals surface area contributed by atoms with E-state index in [2.05, 4.69) is 47.4 Å². The number of carbonyl (C=O) groups excluding carboxylic acids is 1. The standard InChI is InChI=1S/C23H26N4O/c1-16-9-5-6-10-17(16)13-24-21(28)18-14-25-22(26-15-18)27-20-12-8-7-11-19(20)23(2,3)4/h5-12,14-15H,13H2,1-4H3,(H,24,28)(H,25,26,27). The highest BCUT2D eigenvalue weighted by Gasteiger charge is 2.18. The smallest absolute Gasteiger partial charge is 0.254 e. The predicted molar refractivity (Wildman–Crippen MR) is 113 cm³/mol. The second-order valence-corrected chi connectivity index (χ2v) is 7.83. The van der Waals surface area contributed by atoms with Crippen LogP contribution in [0.25, 0.3) is 0 Å². The van der Waals surface area contributed by atoms with Gasteiger partial charge in [-0.1, -0.05) is 63.2 Å². The van der Waals surface area contributed by atoms with Gasteiger partial charge in [0.1, 0.15) is 0 Å². The lowest BCUT2D eigenvalue weighted by molar-refractivity contribution is 0.0950. The number of hydrogen-bond acceptors (Lipinski definition) is 4. The molecular weight excluding hydrogens is 348 g/mol. The van der Waals surface area contributed by atoms with Gasteiger partial charge >= 0.3 is 0 Å². The third kappa shape index (κ3) is 4.74. The Kier molecular flexibility index (Phi) is 5.73. The molecule has 0 saturated heterocycles.